The maximum Gasteiger partial charge on any atom is 0.344 e. The fourth-order valence-electron chi connectivity index (χ4n) is 2.06. The number of imide groups is 1. The number of nitrogens with zero attached hydrogens (tertiary/aromatic N) is 1. The zero-order valence-electron chi connectivity index (χ0n) is 13.9. The first-order valence-electron chi connectivity index (χ1n) is 7.47. The molecule has 1 aliphatic heterocycles. The van der Waals surface area contributed by atoms with Gasteiger partial charge in [0.1, 0.15) is 12.3 Å². The van der Waals surface area contributed by atoms with Crippen LogP contribution in [-0.2, 0) is 19.1 Å². The number of thioether (sulfide) groups is 1. The van der Waals surface area contributed by atoms with Gasteiger partial charge in [-0.25, -0.2) is 4.79 Å². The van der Waals surface area contributed by atoms with Gasteiger partial charge in [-0.2, -0.15) is 0 Å². The molecule has 1 fully saturated rings. The average molecular weight is 617 g/mol. The van der Waals surface area contributed by atoms with Crippen molar-refractivity contribution in [2.75, 3.05) is 19.8 Å². The maximum atomic E-state index is 12.2. The first kappa shape index (κ1) is 21.9. The molecule has 0 atom stereocenters. The molecule has 0 unspecified atom stereocenters. The van der Waals surface area contributed by atoms with Crippen LogP contribution >= 0.6 is 56.9 Å². The van der Waals surface area contributed by atoms with Crippen molar-refractivity contribution in [3.63, 3.8) is 0 Å². The molecule has 0 aromatic heterocycles. The van der Waals surface area contributed by atoms with Crippen LogP contribution in [0.4, 0.5) is 4.79 Å². The maximum absolute atomic E-state index is 12.2. The van der Waals surface area contributed by atoms with E-state index < -0.39 is 29.6 Å². The van der Waals surface area contributed by atoms with Gasteiger partial charge in [0.15, 0.2) is 6.61 Å². The van der Waals surface area contributed by atoms with Crippen LogP contribution in [0.5, 0.6) is 5.75 Å². The van der Waals surface area contributed by atoms with Crippen molar-refractivity contribution in [1.29, 1.82) is 0 Å². The highest BCUT2D eigenvalue weighted by Gasteiger charge is 2.36. The predicted octanol–water partition coefficient (Wildman–Crippen LogP) is 2.96. The van der Waals surface area contributed by atoms with Crippen LogP contribution in [0.15, 0.2) is 17.0 Å². The Morgan fingerprint density at radius 2 is 1.89 bits per heavy atom. The van der Waals surface area contributed by atoms with E-state index in [2.05, 4.69) is 0 Å². The molecule has 1 N–H and O–H groups in total. The molecule has 27 heavy (non-hydrogen) atoms. The third-order valence-corrected chi connectivity index (χ3v) is 5.63. The number of benzene rings is 1. The molecule has 0 spiro atoms. The number of rotatable bonds is 7. The monoisotopic (exact) mass is 617 g/mol. The molecule has 0 aliphatic carbocycles. The summed E-state index contributed by atoms with van der Waals surface area (Å²) in [6.07, 6.45) is 1.52. The number of halogens is 2. The molecule has 0 bridgehead atoms. The van der Waals surface area contributed by atoms with Gasteiger partial charge >= 0.3 is 11.9 Å². The first-order chi connectivity index (χ1) is 12.7. The number of carboxylic acid groups (broad SMARTS) is 1. The molecular formula is C16H13I2NO7S. The van der Waals surface area contributed by atoms with E-state index in [0.717, 1.165) is 0 Å². The van der Waals surface area contributed by atoms with E-state index in [-0.39, 0.29) is 18.1 Å². The van der Waals surface area contributed by atoms with E-state index in [0.29, 0.717) is 35.1 Å². The summed E-state index contributed by atoms with van der Waals surface area (Å²) in [5.74, 6) is -1.86. The van der Waals surface area contributed by atoms with Gasteiger partial charge in [0, 0.05) is 0 Å². The molecule has 0 saturated carbocycles. The van der Waals surface area contributed by atoms with Crippen molar-refractivity contribution >= 4 is 86.1 Å². The lowest BCUT2D eigenvalue weighted by Gasteiger charge is -2.11. The summed E-state index contributed by atoms with van der Waals surface area (Å²) >= 11 is 4.77. The minimum atomic E-state index is -1.26. The zero-order chi connectivity index (χ0) is 20.1. The molecular weight excluding hydrogens is 604 g/mol. The summed E-state index contributed by atoms with van der Waals surface area (Å²) in [5, 5.41) is 8.17. The van der Waals surface area contributed by atoms with Crippen LogP contribution in [-0.4, -0.2) is 52.8 Å². The number of ether oxygens (including phenoxy) is 2. The number of aliphatic carboxylic acids is 1. The molecule has 1 heterocycles. The molecule has 1 aliphatic rings. The molecule has 11 heteroatoms. The second-order valence-corrected chi connectivity index (χ2v) is 8.39. The van der Waals surface area contributed by atoms with Crippen LogP contribution in [0.2, 0.25) is 0 Å². The summed E-state index contributed by atoms with van der Waals surface area (Å²) in [5.41, 5.74) is 0.646. The fraction of sp³-hybridized carbons (Fsp3) is 0.250. The van der Waals surface area contributed by atoms with Crippen molar-refractivity contribution < 1.29 is 33.8 Å². The Bertz CT molecular complexity index is 817. The molecule has 1 aromatic carbocycles. The number of amides is 2. The van der Waals surface area contributed by atoms with Gasteiger partial charge in [0.2, 0.25) is 0 Å². The molecule has 8 nitrogen and oxygen atoms in total. The van der Waals surface area contributed by atoms with Crippen LogP contribution in [0.25, 0.3) is 6.08 Å². The van der Waals surface area contributed by atoms with E-state index in [9.17, 15) is 19.2 Å². The number of carboxylic acids is 1. The molecule has 0 radical (unpaired) electrons. The van der Waals surface area contributed by atoms with Gasteiger partial charge in [0.25, 0.3) is 11.1 Å². The first-order valence-corrected chi connectivity index (χ1v) is 10.4. The third kappa shape index (κ3) is 5.81. The van der Waals surface area contributed by atoms with Gasteiger partial charge in [-0.3, -0.25) is 19.3 Å². The number of carbonyl (C=O) groups excluding carboxylic acids is 3. The lowest BCUT2D eigenvalue weighted by atomic mass is 10.2. The van der Waals surface area contributed by atoms with Gasteiger partial charge in [0.05, 0.1) is 18.7 Å². The van der Waals surface area contributed by atoms with Crippen molar-refractivity contribution in [2.45, 2.75) is 6.92 Å². The topological polar surface area (TPSA) is 110 Å². The van der Waals surface area contributed by atoms with Crippen molar-refractivity contribution in [3.05, 3.63) is 29.7 Å². The van der Waals surface area contributed by atoms with Gasteiger partial charge in [-0.05, 0) is 87.6 Å². The second-order valence-electron chi connectivity index (χ2n) is 5.07. The number of carbonyl (C=O) groups is 4. The summed E-state index contributed by atoms with van der Waals surface area (Å²) in [4.78, 5) is 47.0. The number of hydrogen-bond donors (Lipinski definition) is 1. The Labute approximate surface area is 185 Å². The van der Waals surface area contributed by atoms with Crippen LogP contribution in [0.3, 0.4) is 0 Å². The van der Waals surface area contributed by atoms with E-state index >= 15 is 0 Å². The Hall–Kier alpha value is -1.35. The molecule has 144 valence electrons. The van der Waals surface area contributed by atoms with Gasteiger partial charge < -0.3 is 14.6 Å². The molecule has 1 aromatic rings. The van der Waals surface area contributed by atoms with Crippen LogP contribution in [0.1, 0.15) is 12.5 Å². The lowest BCUT2D eigenvalue weighted by molar-refractivity contribution is -0.145. The highest BCUT2D eigenvalue weighted by atomic mass is 127. The summed E-state index contributed by atoms with van der Waals surface area (Å²) in [6.45, 7) is 1.09. The summed E-state index contributed by atoms with van der Waals surface area (Å²) in [7, 11) is 0. The van der Waals surface area contributed by atoms with E-state index in [4.69, 9.17) is 14.6 Å². The predicted molar refractivity (Wildman–Crippen MR) is 114 cm³/mol. The highest BCUT2D eigenvalue weighted by molar-refractivity contribution is 14.1. The van der Waals surface area contributed by atoms with E-state index in [1.165, 1.54) is 6.08 Å². The van der Waals surface area contributed by atoms with Crippen molar-refractivity contribution in [3.8, 4) is 5.75 Å². The number of hydrogen-bond acceptors (Lipinski definition) is 7. The highest BCUT2D eigenvalue weighted by Crippen LogP contribution is 2.34. The number of esters is 1. The minimum Gasteiger partial charge on any atom is -0.480 e. The van der Waals surface area contributed by atoms with Gasteiger partial charge in [-0.1, -0.05) is 0 Å². The Kier molecular flexibility index (Phi) is 7.91. The molecule has 2 rings (SSSR count). The lowest BCUT2D eigenvalue weighted by Crippen LogP contribution is -2.33. The normalized spacial score (nSPS) is 15.4. The quantitative estimate of drug-likeness (QED) is 0.283. The standard InChI is InChI=1S/C16H13I2NO7S/c1-2-25-13(22)7-26-14-9(17)3-8(4-10(14)18)5-11-15(23)19(6-12(20)21)16(24)27-11/h3-5H,2,6-7H2,1H3,(H,20,21)/b11-5+. The fourth-order valence-corrected chi connectivity index (χ4v) is 5.02. The summed E-state index contributed by atoms with van der Waals surface area (Å²) < 4.78 is 11.7. The smallest absolute Gasteiger partial charge is 0.344 e. The van der Waals surface area contributed by atoms with Crippen LogP contribution < -0.4 is 4.74 Å². The Morgan fingerprint density at radius 1 is 1.26 bits per heavy atom. The van der Waals surface area contributed by atoms with Crippen LogP contribution in [0, 0.1) is 7.14 Å². The van der Waals surface area contributed by atoms with E-state index in [1.54, 1.807) is 19.1 Å². The third-order valence-electron chi connectivity index (χ3n) is 3.13. The second kappa shape index (κ2) is 9.73. The summed E-state index contributed by atoms with van der Waals surface area (Å²) in [6, 6.07) is 3.46. The minimum absolute atomic E-state index is 0.146. The van der Waals surface area contributed by atoms with Crippen molar-refractivity contribution in [1.82, 2.24) is 4.90 Å². The average Bonchev–Trinajstić information content (AvgIpc) is 2.81. The largest absolute Gasteiger partial charge is 0.480 e. The Balaban J connectivity index is 2.19. The zero-order valence-corrected chi connectivity index (χ0v) is 19.0. The molecule has 2 amide bonds. The SMILES string of the molecule is CCOC(=O)COc1c(I)cc(/C=C2/SC(=O)N(CC(=O)O)C2=O)cc1I. The van der Waals surface area contributed by atoms with E-state index in [1.807, 2.05) is 45.2 Å². The van der Waals surface area contributed by atoms with Crippen molar-refractivity contribution in [2.24, 2.45) is 0 Å². The molecule has 1 saturated heterocycles. The Morgan fingerprint density at radius 3 is 2.44 bits per heavy atom. The van der Waals surface area contributed by atoms with Gasteiger partial charge in [-0.15, -0.1) is 0 Å².